The minimum absolute atomic E-state index is 0.120. The first-order valence-electron chi connectivity index (χ1n) is 9.91. The van der Waals surface area contributed by atoms with Crippen LogP contribution < -0.4 is 14.8 Å². The van der Waals surface area contributed by atoms with Gasteiger partial charge in [-0.05, 0) is 55.3 Å². The highest BCUT2D eigenvalue weighted by atomic mass is 35.5. The van der Waals surface area contributed by atoms with Crippen molar-refractivity contribution in [1.82, 2.24) is 4.90 Å². The Balaban J connectivity index is 1.42. The molecular weight excluding hydrogens is 427 g/mol. The average Bonchev–Trinajstić information content (AvgIpc) is 2.70. The summed E-state index contributed by atoms with van der Waals surface area (Å²) >= 11 is 11.9. The van der Waals surface area contributed by atoms with Gasteiger partial charge < -0.3 is 24.8 Å². The molecule has 1 aliphatic rings. The van der Waals surface area contributed by atoms with Gasteiger partial charge in [0.2, 0.25) is 5.91 Å². The van der Waals surface area contributed by atoms with Crippen LogP contribution in [0, 0.1) is 0 Å². The van der Waals surface area contributed by atoms with Crippen molar-refractivity contribution < 1.29 is 19.4 Å². The molecular formula is C22H26Cl2N2O4. The van der Waals surface area contributed by atoms with Gasteiger partial charge in [0.15, 0.2) is 0 Å². The molecule has 1 fully saturated rings. The van der Waals surface area contributed by atoms with E-state index in [0.29, 0.717) is 28.0 Å². The molecule has 1 atom stereocenters. The number of halogens is 2. The van der Waals surface area contributed by atoms with E-state index in [0.717, 1.165) is 31.7 Å². The van der Waals surface area contributed by atoms with Crippen LogP contribution in [0.4, 0.5) is 5.69 Å². The van der Waals surface area contributed by atoms with Crippen LogP contribution in [-0.2, 0) is 4.79 Å². The lowest BCUT2D eigenvalue weighted by Gasteiger charge is -2.33. The van der Waals surface area contributed by atoms with Gasteiger partial charge in [-0.15, -0.1) is 0 Å². The van der Waals surface area contributed by atoms with Crippen LogP contribution in [-0.4, -0.2) is 54.4 Å². The highest BCUT2D eigenvalue weighted by Crippen LogP contribution is 2.28. The molecule has 1 saturated heterocycles. The number of hydrogen-bond donors (Lipinski definition) is 2. The Labute approximate surface area is 186 Å². The van der Waals surface area contributed by atoms with Crippen LogP contribution in [0.2, 0.25) is 10.0 Å². The zero-order valence-electron chi connectivity index (χ0n) is 16.8. The Morgan fingerprint density at radius 1 is 1.17 bits per heavy atom. The second-order valence-electron chi connectivity index (χ2n) is 7.36. The van der Waals surface area contributed by atoms with Crippen molar-refractivity contribution in [2.45, 2.75) is 32.0 Å². The third-order valence-corrected chi connectivity index (χ3v) is 5.29. The van der Waals surface area contributed by atoms with Crippen molar-refractivity contribution in [1.29, 1.82) is 0 Å². The zero-order chi connectivity index (χ0) is 21.5. The number of aliphatic hydroxyl groups excluding tert-OH is 1. The quantitative estimate of drug-likeness (QED) is 0.626. The van der Waals surface area contributed by atoms with Crippen LogP contribution in [0.15, 0.2) is 42.5 Å². The van der Waals surface area contributed by atoms with Gasteiger partial charge in [-0.1, -0.05) is 23.2 Å². The smallest absolute Gasteiger partial charge is 0.221 e. The number of aliphatic hydroxyl groups is 1. The minimum Gasteiger partial charge on any atom is -0.490 e. The Morgan fingerprint density at radius 2 is 1.83 bits per heavy atom. The molecule has 1 unspecified atom stereocenters. The largest absolute Gasteiger partial charge is 0.490 e. The van der Waals surface area contributed by atoms with E-state index in [1.807, 2.05) is 24.3 Å². The van der Waals surface area contributed by atoms with Crippen molar-refractivity contribution in [2.24, 2.45) is 0 Å². The molecule has 2 aromatic carbocycles. The number of β-amino-alcohol motifs (C(OH)–C–C–N with tert-alkyl or cyclic N) is 1. The maximum Gasteiger partial charge on any atom is 0.221 e. The average molecular weight is 453 g/mol. The molecule has 0 aromatic heterocycles. The number of nitrogens with zero attached hydrogens (tertiary/aromatic N) is 1. The van der Waals surface area contributed by atoms with E-state index in [-0.39, 0.29) is 18.6 Å². The highest BCUT2D eigenvalue weighted by molar-refractivity contribution is 6.31. The number of hydrogen-bond acceptors (Lipinski definition) is 5. The van der Waals surface area contributed by atoms with Crippen LogP contribution in [0.3, 0.4) is 0 Å². The zero-order valence-corrected chi connectivity index (χ0v) is 18.3. The Morgan fingerprint density at radius 3 is 2.50 bits per heavy atom. The van der Waals surface area contributed by atoms with Gasteiger partial charge in [-0.25, -0.2) is 0 Å². The number of amides is 1. The molecule has 3 rings (SSSR count). The van der Waals surface area contributed by atoms with Gasteiger partial charge in [0.1, 0.15) is 30.3 Å². The van der Waals surface area contributed by atoms with Gasteiger partial charge >= 0.3 is 0 Å². The normalized spacial score (nSPS) is 16.1. The first-order valence-corrected chi connectivity index (χ1v) is 10.7. The Bertz CT molecular complexity index is 840. The molecule has 30 heavy (non-hydrogen) atoms. The molecule has 0 saturated carbocycles. The first kappa shape index (κ1) is 22.7. The number of likely N-dealkylation sites (tertiary alicyclic amines) is 1. The summed E-state index contributed by atoms with van der Waals surface area (Å²) in [6.07, 6.45) is 1.28. The van der Waals surface area contributed by atoms with Crippen molar-refractivity contribution in [3.05, 3.63) is 52.5 Å². The van der Waals surface area contributed by atoms with Crippen LogP contribution in [0.5, 0.6) is 11.5 Å². The lowest BCUT2D eigenvalue weighted by molar-refractivity contribution is -0.114. The number of rotatable bonds is 8. The number of carbonyl (C=O) groups is 1. The van der Waals surface area contributed by atoms with E-state index < -0.39 is 6.10 Å². The summed E-state index contributed by atoms with van der Waals surface area (Å²) in [5.41, 5.74) is 0.488. The number of piperidine rings is 1. The SMILES string of the molecule is CC(=O)Nc1cc(Cl)ccc1OCC(O)CN1CCC(Oc2ccc(Cl)cc2)CC1. The fourth-order valence-electron chi connectivity index (χ4n) is 3.37. The van der Waals surface area contributed by atoms with Crippen LogP contribution in [0.25, 0.3) is 0 Å². The number of nitrogens with one attached hydrogen (secondary N) is 1. The second kappa shape index (κ2) is 10.9. The molecule has 1 aliphatic heterocycles. The topological polar surface area (TPSA) is 71.0 Å². The van der Waals surface area contributed by atoms with E-state index in [2.05, 4.69) is 10.2 Å². The van der Waals surface area contributed by atoms with Gasteiger partial charge in [0.05, 0.1) is 5.69 Å². The molecule has 0 aliphatic carbocycles. The summed E-state index contributed by atoms with van der Waals surface area (Å²) in [5, 5.41) is 14.3. The maximum atomic E-state index is 11.4. The van der Waals surface area contributed by atoms with Gasteiger partial charge in [0.25, 0.3) is 0 Å². The van der Waals surface area contributed by atoms with E-state index in [1.165, 1.54) is 6.92 Å². The van der Waals surface area contributed by atoms with Gasteiger partial charge in [-0.3, -0.25) is 4.79 Å². The van der Waals surface area contributed by atoms with E-state index in [9.17, 15) is 9.90 Å². The predicted molar refractivity (Wildman–Crippen MR) is 119 cm³/mol. The molecule has 0 radical (unpaired) electrons. The molecule has 0 bridgehead atoms. The molecule has 8 heteroatoms. The summed E-state index contributed by atoms with van der Waals surface area (Å²) in [5.74, 6) is 1.08. The van der Waals surface area contributed by atoms with E-state index in [4.69, 9.17) is 32.7 Å². The van der Waals surface area contributed by atoms with Crippen LogP contribution in [0.1, 0.15) is 19.8 Å². The molecule has 1 heterocycles. The molecule has 1 amide bonds. The lowest BCUT2D eigenvalue weighted by atomic mass is 10.1. The Hall–Kier alpha value is -1.99. The third-order valence-electron chi connectivity index (χ3n) is 4.80. The first-order chi connectivity index (χ1) is 14.4. The Kier molecular flexibility index (Phi) is 8.22. The molecule has 162 valence electrons. The second-order valence-corrected chi connectivity index (χ2v) is 8.23. The summed E-state index contributed by atoms with van der Waals surface area (Å²) in [7, 11) is 0. The lowest BCUT2D eigenvalue weighted by Crippen LogP contribution is -2.43. The highest BCUT2D eigenvalue weighted by Gasteiger charge is 2.22. The van der Waals surface area contributed by atoms with Crippen LogP contribution >= 0.6 is 23.2 Å². The van der Waals surface area contributed by atoms with Gasteiger partial charge in [-0.2, -0.15) is 0 Å². The molecule has 2 N–H and O–H groups in total. The molecule has 6 nitrogen and oxygen atoms in total. The summed E-state index contributed by atoms with van der Waals surface area (Å²) < 4.78 is 11.7. The predicted octanol–water partition coefficient (Wildman–Crippen LogP) is 4.23. The number of carbonyl (C=O) groups excluding carboxylic acids is 1. The van der Waals surface area contributed by atoms with Crippen molar-refractivity contribution in [3.63, 3.8) is 0 Å². The summed E-state index contributed by atoms with van der Waals surface area (Å²) in [6.45, 7) is 3.73. The van der Waals surface area contributed by atoms with E-state index >= 15 is 0 Å². The molecule has 2 aromatic rings. The van der Waals surface area contributed by atoms with Crippen molar-refractivity contribution >= 4 is 34.8 Å². The monoisotopic (exact) mass is 452 g/mol. The minimum atomic E-state index is -0.653. The van der Waals surface area contributed by atoms with Crippen molar-refractivity contribution in [3.8, 4) is 11.5 Å². The van der Waals surface area contributed by atoms with Crippen molar-refractivity contribution in [2.75, 3.05) is 31.6 Å². The number of benzene rings is 2. The fraction of sp³-hybridized carbons (Fsp3) is 0.409. The van der Waals surface area contributed by atoms with Gasteiger partial charge in [0, 0.05) is 36.6 Å². The third kappa shape index (κ3) is 7.06. The fourth-order valence-corrected chi connectivity index (χ4v) is 3.67. The van der Waals surface area contributed by atoms with E-state index in [1.54, 1.807) is 18.2 Å². The summed E-state index contributed by atoms with van der Waals surface area (Å²) in [4.78, 5) is 13.6. The standard InChI is InChI=1S/C22H26Cl2N2O4/c1-15(27)25-21-12-17(24)4-7-22(21)29-14-18(28)13-26-10-8-20(9-11-26)30-19-5-2-16(23)3-6-19/h2-7,12,18,20,28H,8-11,13-14H2,1H3,(H,25,27). The summed E-state index contributed by atoms with van der Waals surface area (Å²) in [6, 6.07) is 12.4. The maximum absolute atomic E-state index is 11.4. The molecule has 0 spiro atoms. The number of anilines is 1. The number of ether oxygens (including phenoxy) is 2.